The van der Waals surface area contributed by atoms with Crippen molar-refractivity contribution in [3.05, 3.63) is 103 Å². The molecule has 0 aliphatic carbocycles. The van der Waals surface area contributed by atoms with Crippen molar-refractivity contribution in [2.24, 2.45) is 0 Å². The molecule has 0 spiro atoms. The van der Waals surface area contributed by atoms with Gasteiger partial charge in [-0.3, -0.25) is 0 Å². The molecule has 0 unspecified atom stereocenters. The molecule has 1 heteroatoms. The second kappa shape index (κ2) is 6.15. The predicted octanol–water partition coefficient (Wildman–Crippen LogP) is 7.67. The second-order valence-electron chi connectivity index (χ2n) is 7.72. The number of aromatic nitrogens is 1. The highest BCUT2D eigenvalue weighted by molar-refractivity contribution is 6.24. The lowest BCUT2D eigenvalue weighted by Crippen LogP contribution is -1.92. The first-order chi connectivity index (χ1) is 14.3. The number of fused-ring (bicyclic) bond motifs is 7. The molecule has 6 aromatic rings. The summed E-state index contributed by atoms with van der Waals surface area (Å²) >= 11 is 0. The molecular formula is C28H19N. The molecule has 0 fully saturated rings. The van der Waals surface area contributed by atoms with Crippen LogP contribution in [-0.4, -0.2) is 4.98 Å². The van der Waals surface area contributed by atoms with Gasteiger partial charge in [0.2, 0.25) is 0 Å². The number of rotatable bonds is 1. The van der Waals surface area contributed by atoms with Crippen LogP contribution >= 0.6 is 0 Å². The zero-order valence-corrected chi connectivity index (χ0v) is 16.2. The Balaban J connectivity index is 1.88. The van der Waals surface area contributed by atoms with Crippen molar-refractivity contribution in [1.82, 2.24) is 4.98 Å². The molecule has 0 bridgehead atoms. The summed E-state index contributed by atoms with van der Waals surface area (Å²) < 4.78 is 0. The number of hydrogen-bond donors (Lipinski definition) is 0. The third kappa shape index (κ3) is 2.44. The van der Waals surface area contributed by atoms with E-state index >= 15 is 0 Å². The number of hydrogen-bond acceptors (Lipinski definition) is 1. The summed E-state index contributed by atoms with van der Waals surface area (Å²) in [6.45, 7) is 2.12. The minimum absolute atomic E-state index is 1.06. The highest BCUT2D eigenvalue weighted by Gasteiger charge is 2.14. The lowest BCUT2D eigenvalue weighted by atomic mass is 9.93. The van der Waals surface area contributed by atoms with Crippen LogP contribution in [0, 0.1) is 6.92 Å². The molecule has 136 valence electrons. The summed E-state index contributed by atoms with van der Waals surface area (Å²) in [5.74, 6) is 0. The van der Waals surface area contributed by atoms with Crippen LogP contribution in [-0.2, 0) is 0 Å². The Bertz CT molecular complexity index is 1540. The fourth-order valence-corrected chi connectivity index (χ4v) is 4.43. The van der Waals surface area contributed by atoms with Crippen LogP contribution in [0.5, 0.6) is 0 Å². The van der Waals surface area contributed by atoms with Crippen LogP contribution in [0.2, 0.25) is 0 Å². The van der Waals surface area contributed by atoms with Gasteiger partial charge in [0.15, 0.2) is 0 Å². The third-order valence-electron chi connectivity index (χ3n) is 5.91. The largest absolute Gasteiger partial charge is 0.246 e. The van der Waals surface area contributed by atoms with Gasteiger partial charge in [0.1, 0.15) is 0 Å². The summed E-state index contributed by atoms with van der Waals surface area (Å²) in [5, 5.41) is 8.62. The molecule has 0 radical (unpaired) electrons. The summed E-state index contributed by atoms with van der Waals surface area (Å²) in [6, 6.07) is 34.8. The summed E-state index contributed by atoms with van der Waals surface area (Å²) in [6.07, 6.45) is 0. The van der Waals surface area contributed by atoms with E-state index in [9.17, 15) is 0 Å². The smallest absolute Gasteiger partial charge is 0.0794 e. The number of benzene rings is 5. The standard InChI is InChI=1S/C28H19N/c1-18-10-12-21(13-11-18)27-26-22-8-4-2-6-19(22)14-16-24(26)25-17-15-20-7-3-5-9-23(20)28(25)29-27/h2-17H,1H3. The number of pyridine rings is 1. The van der Waals surface area contributed by atoms with Crippen LogP contribution in [0.1, 0.15) is 5.56 Å². The molecule has 0 saturated heterocycles. The van der Waals surface area contributed by atoms with Crippen molar-refractivity contribution in [2.45, 2.75) is 6.92 Å². The van der Waals surface area contributed by atoms with Crippen LogP contribution in [0.4, 0.5) is 0 Å². The summed E-state index contributed by atoms with van der Waals surface area (Å²) in [4.78, 5) is 5.28. The molecule has 1 aromatic heterocycles. The van der Waals surface area contributed by atoms with E-state index in [-0.39, 0.29) is 0 Å². The molecule has 0 aliphatic heterocycles. The van der Waals surface area contributed by atoms with Crippen molar-refractivity contribution in [2.75, 3.05) is 0 Å². The van der Waals surface area contributed by atoms with Gasteiger partial charge in [-0.05, 0) is 28.5 Å². The van der Waals surface area contributed by atoms with Crippen molar-refractivity contribution in [1.29, 1.82) is 0 Å². The van der Waals surface area contributed by atoms with Crippen LogP contribution < -0.4 is 0 Å². The molecule has 0 atom stereocenters. The van der Waals surface area contributed by atoms with Crippen LogP contribution in [0.15, 0.2) is 97.1 Å². The molecule has 0 saturated carbocycles. The van der Waals surface area contributed by atoms with Crippen LogP contribution in [0.25, 0.3) is 54.5 Å². The Morgan fingerprint density at radius 2 is 1.14 bits per heavy atom. The molecule has 1 heterocycles. The molecule has 0 aliphatic rings. The van der Waals surface area contributed by atoms with Gasteiger partial charge in [-0.15, -0.1) is 0 Å². The Hall–Kier alpha value is -3.71. The average molecular weight is 369 g/mol. The minimum atomic E-state index is 1.06. The Labute approximate surface area is 169 Å². The lowest BCUT2D eigenvalue weighted by Gasteiger charge is -2.14. The van der Waals surface area contributed by atoms with Gasteiger partial charge in [0.25, 0.3) is 0 Å². The maximum atomic E-state index is 5.28. The molecule has 1 nitrogen and oxygen atoms in total. The molecule has 0 N–H and O–H groups in total. The van der Waals surface area contributed by atoms with Gasteiger partial charge in [-0.1, -0.05) is 103 Å². The number of aryl methyl sites for hydroxylation is 1. The predicted molar refractivity (Wildman–Crippen MR) is 124 cm³/mol. The molecule has 0 amide bonds. The maximum absolute atomic E-state index is 5.28. The topological polar surface area (TPSA) is 12.9 Å². The van der Waals surface area contributed by atoms with E-state index in [4.69, 9.17) is 4.98 Å². The van der Waals surface area contributed by atoms with E-state index < -0.39 is 0 Å². The fourth-order valence-electron chi connectivity index (χ4n) is 4.43. The van der Waals surface area contributed by atoms with Crippen molar-refractivity contribution in [3.63, 3.8) is 0 Å². The zero-order valence-electron chi connectivity index (χ0n) is 16.2. The van der Waals surface area contributed by atoms with E-state index in [1.54, 1.807) is 0 Å². The van der Waals surface area contributed by atoms with E-state index in [0.717, 1.165) is 16.8 Å². The van der Waals surface area contributed by atoms with Crippen molar-refractivity contribution >= 4 is 43.2 Å². The quantitative estimate of drug-likeness (QED) is 0.271. The third-order valence-corrected chi connectivity index (χ3v) is 5.91. The highest BCUT2D eigenvalue weighted by atomic mass is 14.7. The van der Waals surface area contributed by atoms with Gasteiger partial charge < -0.3 is 0 Å². The summed E-state index contributed by atoms with van der Waals surface area (Å²) in [7, 11) is 0. The van der Waals surface area contributed by atoms with Gasteiger partial charge in [0.05, 0.1) is 11.2 Å². The molecule has 6 rings (SSSR count). The highest BCUT2D eigenvalue weighted by Crippen LogP contribution is 2.39. The van der Waals surface area contributed by atoms with Crippen LogP contribution in [0.3, 0.4) is 0 Å². The van der Waals surface area contributed by atoms with E-state index in [0.29, 0.717) is 0 Å². The van der Waals surface area contributed by atoms with E-state index in [2.05, 4.69) is 104 Å². The normalized spacial score (nSPS) is 11.6. The molecule has 5 aromatic carbocycles. The fraction of sp³-hybridized carbons (Fsp3) is 0.0357. The van der Waals surface area contributed by atoms with Gasteiger partial charge in [-0.2, -0.15) is 0 Å². The van der Waals surface area contributed by atoms with Gasteiger partial charge >= 0.3 is 0 Å². The summed E-state index contributed by atoms with van der Waals surface area (Å²) in [5.41, 5.74) is 4.54. The minimum Gasteiger partial charge on any atom is -0.246 e. The average Bonchev–Trinajstić information content (AvgIpc) is 2.78. The van der Waals surface area contributed by atoms with Gasteiger partial charge in [0, 0.05) is 21.7 Å². The SMILES string of the molecule is Cc1ccc(-c2nc3c4ccccc4ccc3c3ccc4ccccc4c23)cc1. The lowest BCUT2D eigenvalue weighted by molar-refractivity contribution is 1.42. The maximum Gasteiger partial charge on any atom is 0.0794 e. The Morgan fingerprint density at radius 1 is 0.517 bits per heavy atom. The Kier molecular flexibility index (Phi) is 3.45. The van der Waals surface area contributed by atoms with Crippen molar-refractivity contribution < 1.29 is 0 Å². The second-order valence-corrected chi connectivity index (χ2v) is 7.72. The molecule has 29 heavy (non-hydrogen) atoms. The Morgan fingerprint density at radius 3 is 1.90 bits per heavy atom. The van der Waals surface area contributed by atoms with E-state index in [1.807, 2.05) is 0 Å². The first-order valence-corrected chi connectivity index (χ1v) is 9.99. The van der Waals surface area contributed by atoms with E-state index in [1.165, 1.54) is 43.3 Å². The zero-order chi connectivity index (χ0) is 19.4. The first kappa shape index (κ1) is 16.3. The molecular weight excluding hydrogens is 350 g/mol. The number of nitrogens with zero attached hydrogens (tertiary/aromatic N) is 1. The monoisotopic (exact) mass is 369 g/mol. The van der Waals surface area contributed by atoms with Crippen molar-refractivity contribution in [3.8, 4) is 11.3 Å². The van der Waals surface area contributed by atoms with Gasteiger partial charge in [-0.25, -0.2) is 4.98 Å². The first-order valence-electron chi connectivity index (χ1n) is 9.99.